The number of rotatable bonds is 10. The van der Waals surface area contributed by atoms with Gasteiger partial charge in [-0.3, -0.25) is 53.9 Å². The fourth-order valence-electron chi connectivity index (χ4n) is 13.0. The normalized spacial score (nSPS) is 15.1. The molecule has 688 valence electrons. The highest BCUT2D eigenvalue weighted by Crippen LogP contribution is 2.31. The van der Waals surface area contributed by atoms with Crippen molar-refractivity contribution in [2.24, 2.45) is 28.8 Å². The van der Waals surface area contributed by atoms with Crippen LogP contribution in [0, 0.1) is 35.0 Å². The van der Waals surface area contributed by atoms with Crippen molar-refractivity contribution in [1.82, 2.24) is 59.8 Å². The summed E-state index contributed by atoms with van der Waals surface area (Å²) in [4.78, 5) is 97.2. The second-order valence-corrected chi connectivity index (χ2v) is 42.1. The van der Waals surface area contributed by atoms with Gasteiger partial charge in [0.05, 0.1) is 24.5 Å². The Morgan fingerprint density at radius 1 is 0.409 bits per heavy atom. The van der Waals surface area contributed by atoms with Crippen LogP contribution in [0.4, 0.5) is 0 Å². The lowest BCUT2D eigenvalue weighted by molar-refractivity contribution is 0.0486. The van der Waals surface area contributed by atoms with Gasteiger partial charge >= 0.3 is 0 Å². The molecule has 11 heterocycles. The zero-order chi connectivity index (χ0) is 95.5. The smallest absolute Gasteiger partial charge is 0.272 e. The molecule has 12 rings (SSSR count). The first-order chi connectivity index (χ1) is 58.9. The van der Waals surface area contributed by atoms with Crippen molar-refractivity contribution in [2.75, 3.05) is 66.0 Å². The number of hydrogen-bond acceptors (Lipinski definition) is 17. The number of ether oxygens (including phenoxy) is 1. The van der Waals surface area contributed by atoms with Crippen LogP contribution in [-0.4, -0.2) is 166 Å². The van der Waals surface area contributed by atoms with E-state index in [2.05, 4.69) is 251 Å². The van der Waals surface area contributed by atoms with Crippen molar-refractivity contribution < 1.29 is 39.0 Å². The number of pyridine rings is 7. The summed E-state index contributed by atoms with van der Waals surface area (Å²) in [6.07, 6.45) is 16.8. The Balaban J connectivity index is 0.000000259. The number of nitriles is 1. The van der Waals surface area contributed by atoms with E-state index >= 15 is 0 Å². The fraction of sp³-hybridized carbons (Fsp3) is 0.524. The second-order valence-electron chi connectivity index (χ2n) is 42.1. The standard InChI is InChI=1S/C16H24N2O.C15H20N2O2.C15H22N2O.C14H20N2O.C13H20N2O.C11H16N2O.C11H16O.C10H12N2/c1-12-7-9-18(10-8-12)15(19)14-6-5-13(11-17-14)16(2,3)4;1-10(18)11-8-17(9-11)14(19)13-6-5-12(7-16-13)15(2,3)4;1-11-7-8-17(10-11)14(18)13-6-5-12(9-16-13)15(2,3)4;1-10-8-16(9-10)13(17)12-6-5-11(7-15-12)14(2,3)4;1-5-8-14-12(16)11-7-6-10(9-15-11)13(2,3)4;1-8(13-14)10-6-5-9(7-12-10)11(2,3)4;1-11(2,3)9-5-7-10(12-4)8-6-9;1-10(2,3)8-4-5-9(6-11)12-7-8/h5-6,11-12H,7-10H2,1-4H3;5-7,11,18H,1,8-9H2,2-4H3;5-6,9,11H,7-8,10H2,1-4H3;5-7,10H,8-9H2,1-4H3;6-7,9H,5,8H2,1-4H3,(H,14,16);5-7,14H,1-4H3;5-8H,1-4H3;4-5,7H,1-3H3/b;;;;;13-8+;;/t;;11-;;;;;/m..1...../s1. The van der Waals surface area contributed by atoms with Crippen LogP contribution in [0.15, 0.2) is 170 Å². The SMILES string of the molecule is C/C(=N\O)c1ccc(C(C)(C)C)cn1.C=C(O)C1CN(C(=O)c2ccc(C(C)(C)C)cn2)C1.CC(C)(C)c1ccc(C#N)nc1.CC1CCN(C(=O)c2ccc(C(C)(C)C)cn2)CC1.CC1CN(C(=O)c2ccc(C(C)(C)C)cn2)C1.CCCNC(=O)c1ccc(C(C)(C)C)cn1.COc1ccc(C(C)(C)C)cc1.C[C@@H]1CCN(C(=O)c2ccc(C(C)(C)C)cn2)C1. The summed E-state index contributed by atoms with van der Waals surface area (Å²) in [5.41, 5.74) is 14.5. The largest absolute Gasteiger partial charge is 0.513 e. The van der Waals surface area contributed by atoms with Crippen molar-refractivity contribution in [2.45, 2.75) is 270 Å². The van der Waals surface area contributed by atoms with Gasteiger partial charge in [-0.2, -0.15) is 5.26 Å². The molecule has 4 saturated heterocycles. The van der Waals surface area contributed by atoms with Crippen LogP contribution >= 0.6 is 0 Å². The maximum absolute atomic E-state index is 12.3. The van der Waals surface area contributed by atoms with E-state index in [9.17, 15) is 29.1 Å². The maximum Gasteiger partial charge on any atom is 0.272 e. The number of aliphatic hydroxyl groups is 1. The maximum atomic E-state index is 12.3. The summed E-state index contributed by atoms with van der Waals surface area (Å²) in [5, 5.41) is 32.2. The van der Waals surface area contributed by atoms with Crippen molar-refractivity contribution in [1.29, 1.82) is 5.26 Å². The second kappa shape index (κ2) is 46.6. The number of carbonyl (C=O) groups is 5. The van der Waals surface area contributed by atoms with Crippen molar-refractivity contribution in [3.63, 3.8) is 0 Å². The number of piperidine rings is 1. The molecule has 4 fully saturated rings. The zero-order valence-electron chi connectivity index (χ0n) is 82.3. The number of methoxy groups -OCH3 is 1. The van der Waals surface area contributed by atoms with E-state index in [1.54, 1.807) is 55.7 Å². The number of nitrogens with one attached hydrogen (secondary N) is 1. The molecule has 3 N–H and O–H groups in total. The number of likely N-dealkylation sites (tertiary alicyclic amines) is 4. The number of benzene rings is 1. The third kappa shape index (κ3) is 34.6. The number of oxime groups is 1. The molecular weight excluding hydrogens is 1590 g/mol. The molecule has 22 heteroatoms. The number of aliphatic hydroxyl groups excluding tert-OH is 1. The summed E-state index contributed by atoms with van der Waals surface area (Å²) >= 11 is 0. The van der Waals surface area contributed by atoms with Crippen LogP contribution in [0.2, 0.25) is 0 Å². The first-order valence-electron chi connectivity index (χ1n) is 44.7. The molecule has 22 nitrogen and oxygen atoms in total. The van der Waals surface area contributed by atoms with E-state index in [0.717, 1.165) is 110 Å². The molecule has 0 radical (unpaired) electrons. The van der Waals surface area contributed by atoms with Crippen molar-refractivity contribution >= 4 is 35.2 Å². The highest BCUT2D eigenvalue weighted by molar-refractivity contribution is 5.97. The van der Waals surface area contributed by atoms with E-state index in [0.29, 0.717) is 77.0 Å². The topological polar surface area (TPSA) is 286 Å². The Bertz CT molecular complexity index is 4850. The lowest BCUT2D eigenvalue weighted by Crippen LogP contribution is -2.50. The monoisotopic (exact) mass is 1740 g/mol. The Kier molecular flexibility index (Phi) is 39.1. The molecule has 5 amide bonds. The minimum Gasteiger partial charge on any atom is -0.513 e. The van der Waals surface area contributed by atoms with Gasteiger partial charge < -0.3 is 40.0 Å². The van der Waals surface area contributed by atoms with Crippen LogP contribution < -0.4 is 10.1 Å². The number of carbonyl (C=O) groups excluding carboxylic acids is 5. The van der Waals surface area contributed by atoms with E-state index in [1.165, 1.54) is 11.1 Å². The van der Waals surface area contributed by atoms with E-state index < -0.39 is 0 Å². The summed E-state index contributed by atoms with van der Waals surface area (Å²) in [6, 6.07) is 36.9. The minimum absolute atomic E-state index is 0.0119. The number of hydrogen-bond donors (Lipinski definition) is 3. The zero-order valence-corrected chi connectivity index (χ0v) is 82.3. The van der Waals surface area contributed by atoms with E-state index in [-0.39, 0.29) is 84.5 Å². The average Bonchev–Trinajstić information content (AvgIpc) is 1.07. The Morgan fingerprint density at radius 2 is 0.693 bits per heavy atom. The highest BCUT2D eigenvalue weighted by Gasteiger charge is 2.35. The highest BCUT2D eigenvalue weighted by atomic mass is 16.5. The van der Waals surface area contributed by atoms with Gasteiger partial charge in [0.25, 0.3) is 29.5 Å². The third-order valence-electron chi connectivity index (χ3n) is 22.4. The summed E-state index contributed by atoms with van der Waals surface area (Å²) in [6.45, 7) is 72.1. The molecule has 0 spiro atoms. The van der Waals surface area contributed by atoms with E-state index in [1.807, 2.05) is 131 Å². The molecule has 0 saturated carbocycles. The predicted octanol–water partition coefficient (Wildman–Crippen LogP) is 21.4. The van der Waals surface area contributed by atoms with Crippen LogP contribution in [0.1, 0.15) is 335 Å². The number of aromatic nitrogens is 7. The molecule has 0 bridgehead atoms. The minimum atomic E-state index is -0.0951. The summed E-state index contributed by atoms with van der Waals surface area (Å²) in [7, 11) is 1.69. The third-order valence-corrected chi connectivity index (χ3v) is 22.4. The van der Waals surface area contributed by atoms with Gasteiger partial charge in [-0.15, -0.1) is 0 Å². The Hall–Kier alpha value is -11.1. The molecule has 4 aliphatic rings. The van der Waals surface area contributed by atoms with Crippen LogP contribution in [0.25, 0.3) is 0 Å². The first kappa shape index (κ1) is 106. The van der Waals surface area contributed by atoms with Gasteiger partial charge in [0.2, 0.25) is 0 Å². The average molecular weight is 1740 g/mol. The van der Waals surface area contributed by atoms with Gasteiger partial charge in [-0.25, -0.2) is 4.98 Å². The van der Waals surface area contributed by atoms with Crippen LogP contribution in [0.3, 0.4) is 0 Å². The molecule has 7 aromatic heterocycles. The van der Waals surface area contributed by atoms with Crippen LogP contribution in [-0.2, 0) is 43.3 Å². The quantitative estimate of drug-likeness (QED) is 0.0496. The van der Waals surface area contributed by atoms with Gasteiger partial charge in [0, 0.05) is 102 Å². The predicted molar refractivity (Wildman–Crippen MR) is 514 cm³/mol. The molecule has 0 unspecified atom stereocenters. The molecule has 1 atom stereocenters. The lowest BCUT2D eigenvalue weighted by Gasteiger charge is -2.38. The van der Waals surface area contributed by atoms with Crippen molar-refractivity contribution in [3.8, 4) is 11.8 Å². The molecular formula is C105H150N14O8. The molecule has 4 aliphatic heterocycles. The van der Waals surface area contributed by atoms with Gasteiger partial charge in [-0.1, -0.05) is 260 Å². The van der Waals surface area contributed by atoms with Gasteiger partial charge in [0.1, 0.15) is 51.7 Å². The van der Waals surface area contributed by atoms with E-state index in [4.69, 9.17) is 15.2 Å². The number of amides is 5. The van der Waals surface area contributed by atoms with Crippen LogP contribution in [0.5, 0.6) is 5.75 Å². The van der Waals surface area contributed by atoms with Gasteiger partial charge in [0.15, 0.2) is 0 Å². The summed E-state index contributed by atoms with van der Waals surface area (Å²) < 4.78 is 5.08. The van der Waals surface area contributed by atoms with Gasteiger partial charge in [-0.05, 0) is 193 Å². The number of nitrogens with zero attached hydrogens (tertiary/aromatic N) is 13. The van der Waals surface area contributed by atoms with Crippen molar-refractivity contribution in [3.05, 3.63) is 249 Å². The Labute approximate surface area is 760 Å². The molecule has 127 heavy (non-hydrogen) atoms. The molecule has 8 aromatic rings. The summed E-state index contributed by atoms with van der Waals surface area (Å²) in [5.74, 6) is 3.09. The fourth-order valence-corrected chi connectivity index (χ4v) is 13.0. The Morgan fingerprint density at radius 3 is 0.961 bits per heavy atom. The molecule has 0 aliphatic carbocycles. The first-order valence-corrected chi connectivity index (χ1v) is 44.7. The molecule has 1 aromatic carbocycles. The lowest BCUT2D eigenvalue weighted by atomic mass is 9.87.